The maximum absolute atomic E-state index is 5.87. The first-order valence-electron chi connectivity index (χ1n) is 6.02. The summed E-state index contributed by atoms with van der Waals surface area (Å²) >= 11 is 0. The zero-order chi connectivity index (χ0) is 11.4. The van der Waals surface area contributed by atoms with E-state index in [0.717, 1.165) is 51.3 Å². The Labute approximate surface area is 95.8 Å². The summed E-state index contributed by atoms with van der Waals surface area (Å²) in [5.41, 5.74) is 5.87. The van der Waals surface area contributed by atoms with E-state index >= 15 is 0 Å². The van der Waals surface area contributed by atoms with Gasteiger partial charge in [0, 0.05) is 25.7 Å². The van der Waals surface area contributed by atoms with Crippen molar-refractivity contribution >= 4 is 0 Å². The Morgan fingerprint density at radius 3 is 3.06 bits per heavy atom. The summed E-state index contributed by atoms with van der Waals surface area (Å²) < 4.78 is 1.91. The lowest BCUT2D eigenvalue weighted by Gasteiger charge is -2.14. The molecule has 1 saturated heterocycles. The van der Waals surface area contributed by atoms with Crippen molar-refractivity contribution in [3.63, 3.8) is 0 Å². The van der Waals surface area contributed by atoms with Gasteiger partial charge in [-0.2, -0.15) is 0 Å². The van der Waals surface area contributed by atoms with Gasteiger partial charge in [0.25, 0.3) is 0 Å². The van der Waals surface area contributed by atoms with Gasteiger partial charge in [0.15, 0.2) is 5.82 Å². The fourth-order valence-electron chi connectivity index (χ4n) is 2.02. The lowest BCUT2D eigenvalue weighted by atomic mass is 10.3. The molecule has 1 aromatic heterocycles. The summed E-state index contributed by atoms with van der Waals surface area (Å²) in [7, 11) is 0. The first-order chi connectivity index (χ1) is 7.79. The highest BCUT2D eigenvalue weighted by molar-refractivity contribution is 4.86. The molecule has 0 saturated carbocycles. The molecule has 1 aliphatic heterocycles. The fourth-order valence-corrected chi connectivity index (χ4v) is 2.02. The summed E-state index contributed by atoms with van der Waals surface area (Å²) in [6.45, 7) is 5.93. The quantitative estimate of drug-likeness (QED) is 0.762. The van der Waals surface area contributed by atoms with Gasteiger partial charge in [0.05, 0.1) is 6.54 Å². The summed E-state index contributed by atoms with van der Waals surface area (Å²) in [6.07, 6.45) is 3.36. The number of unbranched alkanes of at least 4 members (excludes halogenated alkanes) is 1. The number of hydrogen-bond acceptors (Lipinski definition) is 5. The highest BCUT2D eigenvalue weighted by Gasteiger charge is 2.20. The van der Waals surface area contributed by atoms with Crippen LogP contribution in [0, 0.1) is 0 Å². The largest absolute Gasteiger partial charge is 0.326 e. The van der Waals surface area contributed by atoms with Crippen molar-refractivity contribution in [3.8, 4) is 0 Å². The zero-order valence-electron chi connectivity index (χ0n) is 9.84. The van der Waals surface area contributed by atoms with E-state index in [1.165, 1.54) is 0 Å². The van der Waals surface area contributed by atoms with E-state index in [4.69, 9.17) is 5.73 Å². The number of tetrazole rings is 1. The molecule has 2 heterocycles. The number of aromatic nitrogens is 4. The Kier molecular flexibility index (Phi) is 3.84. The van der Waals surface area contributed by atoms with Crippen molar-refractivity contribution in [1.82, 2.24) is 25.1 Å². The molecule has 0 spiro atoms. The molecule has 0 unspecified atom stereocenters. The molecule has 6 nitrogen and oxygen atoms in total. The van der Waals surface area contributed by atoms with E-state index in [-0.39, 0.29) is 0 Å². The van der Waals surface area contributed by atoms with Gasteiger partial charge >= 0.3 is 0 Å². The van der Waals surface area contributed by atoms with Crippen molar-refractivity contribution in [2.45, 2.75) is 45.3 Å². The number of hydrogen-bond donors (Lipinski definition) is 1. The molecule has 0 amide bonds. The average Bonchev–Trinajstić information content (AvgIpc) is 2.86. The zero-order valence-corrected chi connectivity index (χ0v) is 9.84. The second-order valence-corrected chi connectivity index (χ2v) is 4.46. The van der Waals surface area contributed by atoms with Crippen LogP contribution in [0.3, 0.4) is 0 Å². The summed E-state index contributed by atoms with van der Waals surface area (Å²) in [5.74, 6) is 0.961. The van der Waals surface area contributed by atoms with Gasteiger partial charge in [-0.25, -0.2) is 4.68 Å². The molecule has 2 rings (SSSR count). The maximum Gasteiger partial charge on any atom is 0.165 e. The van der Waals surface area contributed by atoms with Crippen LogP contribution in [0.1, 0.15) is 32.0 Å². The van der Waals surface area contributed by atoms with Crippen LogP contribution >= 0.6 is 0 Å². The molecule has 0 radical (unpaired) electrons. The molecule has 1 atom stereocenters. The highest BCUT2D eigenvalue weighted by Crippen LogP contribution is 2.10. The van der Waals surface area contributed by atoms with Crippen molar-refractivity contribution < 1.29 is 0 Å². The van der Waals surface area contributed by atoms with Crippen LogP contribution in [0.4, 0.5) is 0 Å². The van der Waals surface area contributed by atoms with Gasteiger partial charge < -0.3 is 5.73 Å². The van der Waals surface area contributed by atoms with Crippen LogP contribution < -0.4 is 5.73 Å². The van der Waals surface area contributed by atoms with Gasteiger partial charge in [0.1, 0.15) is 0 Å². The third kappa shape index (κ3) is 2.76. The lowest BCUT2D eigenvalue weighted by molar-refractivity contribution is 0.308. The minimum absolute atomic E-state index is 0.319. The first-order valence-corrected chi connectivity index (χ1v) is 6.02. The molecular formula is C10H20N6. The number of aryl methyl sites for hydroxylation is 1. The van der Waals surface area contributed by atoms with Crippen molar-refractivity contribution in [2.75, 3.05) is 13.1 Å². The standard InChI is InChI=1S/C10H20N6/c1-2-3-5-16-10(12-13-14-16)8-15-6-4-9(11)7-15/h9H,2-8,11H2,1H3/t9-/m1/s1. The molecule has 1 aliphatic rings. The molecule has 0 aliphatic carbocycles. The number of rotatable bonds is 5. The molecule has 1 aromatic rings. The molecule has 90 valence electrons. The van der Waals surface area contributed by atoms with Gasteiger partial charge in [-0.1, -0.05) is 13.3 Å². The van der Waals surface area contributed by atoms with E-state index in [9.17, 15) is 0 Å². The van der Waals surface area contributed by atoms with Gasteiger partial charge in [-0.15, -0.1) is 5.10 Å². The predicted molar refractivity (Wildman–Crippen MR) is 60.6 cm³/mol. The van der Waals surface area contributed by atoms with Gasteiger partial charge in [-0.05, 0) is 23.3 Å². The van der Waals surface area contributed by atoms with Gasteiger partial charge in [-0.3, -0.25) is 4.90 Å². The number of nitrogens with two attached hydrogens (primary N) is 1. The summed E-state index contributed by atoms with van der Waals surface area (Å²) in [5, 5.41) is 11.8. The van der Waals surface area contributed by atoms with Crippen LogP contribution in [0.2, 0.25) is 0 Å². The molecular weight excluding hydrogens is 204 g/mol. The summed E-state index contributed by atoms with van der Waals surface area (Å²) in [6, 6.07) is 0.319. The lowest BCUT2D eigenvalue weighted by Crippen LogP contribution is -2.27. The minimum atomic E-state index is 0.319. The van der Waals surface area contributed by atoms with Crippen LogP contribution in [-0.2, 0) is 13.1 Å². The third-order valence-electron chi connectivity index (χ3n) is 3.00. The highest BCUT2D eigenvalue weighted by atomic mass is 15.5. The van der Waals surface area contributed by atoms with E-state index in [2.05, 4.69) is 27.3 Å². The molecule has 16 heavy (non-hydrogen) atoms. The smallest absolute Gasteiger partial charge is 0.165 e. The van der Waals surface area contributed by atoms with Gasteiger partial charge in [0.2, 0.25) is 0 Å². The SMILES string of the molecule is CCCCn1nnnc1CN1CC[C@@H](N)C1. The normalized spacial score (nSPS) is 21.8. The Morgan fingerprint density at radius 2 is 2.38 bits per heavy atom. The second kappa shape index (κ2) is 5.36. The van der Waals surface area contributed by atoms with E-state index < -0.39 is 0 Å². The molecule has 0 bridgehead atoms. The first kappa shape index (κ1) is 11.5. The second-order valence-electron chi connectivity index (χ2n) is 4.46. The molecule has 2 N–H and O–H groups in total. The van der Waals surface area contributed by atoms with Crippen molar-refractivity contribution in [3.05, 3.63) is 5.82 Å². The monoisotopic (exact) mass is 224 g/mol. The van der Waals surface area contributed by atoms with Crippen LogP contribution in [0.25, 0.3) is 0 Å². The Bertz CT molecular complexity index is 323. The molecule has 0 aromatic carbocycles. The fraction of sp³-hybridized carbons (Fsp3) is 0.900. The number of likely N-dealkylation sites (tertiary alicyclic amines) is 1. The van der Waals surface area contributed by atoms with E-state index in [1.54, 1.807) is 0 Å². The van der Waals surface area contributed by atoms with E-state index in [1.807, 2.05) is 4.68 Å². The third-order valence-corrected chi connectivity index (χ3v) is 3.00. The van der Waals surface area contributed by atoms with Crippen LogP contribution in [0.5, 0.6) is 0 Å². The van der Waals surface area contributed by atoms with Crippen LogP contribution in [-0.4, -0.2) is 44.2 Å². The predicted octanol–water partition coefficient (Wildman–Crippen LogP) is 0.00620. The van der Waals surface area contributed by atoms with E-state index in [0.29, 0.717) is 6.04 Å². The topological polar surface area (TPSA) is 72.9 Å². The Hall–Kier alpha value is -1.01. The maximum atomic E-state index is 5.87. The minimum Gasteiger partial charge on any atom is -0.326 e. The molecule has 6 heteroatoms. The van der Waals surface area contributed by atoms with Crippen LogP contribution in [0.15, 0.2) is 0 Å². The summed E-state index contributed by atoms with van der Waals surface area (Å²) in [4.78, 5) is 2.32. The Morgan fingerprint density at radius 1 is 1.50 bits per heavy atom. The number of nitrogens with zero attached hydrogens (tertiary/aromatic N) is 5. The average molecular weight is 224 g/mol. The molecule has 1 fully saturated rings. The Balaban J connectivity index is 1.90. The van der Waals surface area contributed by atoms with Crippen molar-refractivity contribution in [2.24, 2.45) is 5.73 Å². The van der Waals surface area contributed by atoms with Crippen molar-refractivity contribution in [1.29, 1.82) is 0 Å².